The Balaban J connectivity index is 2.09. The fourth-order valence-corrected chi connectivity index (χ4v) is 1.90. The molecule has 0 saturated carbocycles. The van der Waals surface area contributed by atoms with Crippen molar-refractivity contribution in [3.8, 4) is 5.75 Å². The number of halogens is 2. The molecule has 0 heterocycles. The zero-order chi connectivity index (χ0) is 14.5. The summed E-state index contributed by atoms with van der Waals surface area (Å²) in [5.74, 6) is -0.418. The number of carbonyl (C=O) groups excluding carboxylic acids is 1. The molecule has 0 aliphatic carbocycles. The highest BCUT2D eigenvalue weighted by molar-refractivity contribution is 6.33. The van der Waals surface area contributed by atoms with E-state index in [9.17, 15) is 9.90 Å². The van der Waals surface area contributed by atoms with Gasteiger partial charge in [-0.05, 0) is 30.3 Å². The minimum absolute atomic E-state index is 0.0187. The lowest BCUT2D eigenvalue weighted by Crippen LogP contribution is -2.17. The second-order valence-corrected chi connectivity index (χ2v) is 4.73. The van der Waals surface area contributed by atoms with Crippen LogP contribution in [0.1, 0.15) is 15.9 Å². The van der Waals surface area contributed by atoms with Crippen LogP contribution >= 0.6 is 23.2 Å². The Morgan fingerprint density at radius 3 is 2.70 bits per heavy atom. The van der Waals surface area contributed by atoms with Gasteiger partial charge in [0.25, 0.3) is 5.91 Å². The van der Waals surface area contributed by atoms with Gasteiger partial charge in [0, 0.05) is 10.6 Å². The molecular weight excluding hydrogens is 299 g/mol. The lowest BCUT2D eigenvalue weighted by atomic mass is 10.2. The van der Waals surface area contributed by atoms with Crippen LogP contribution in [0.3, 0.4) is 0 Å². The van der Waals surface area contributed by atoms with E-state index in [1.807, 2.05) is 0 Å². The summed E-state index contributed by atoms with van der Waals surface area (Å²) >= 11 is 11.7. The van der Waals surface area contributed by atoms with Gasteiger partial charge in [-0.25, -0.2) is 5.43 Å². The van der Waals surface area contributed by atoms with Gasteiger partial charge in [-0.1, -0.05) is 35.3 Å². The lowest BCUT2D eigenvalue weighted by Gasteiger charge is -2.02. The van der Waals surface area contributed by atoms with E-state index >= 15 is 0 Å². The zero-order valence-corrected chi connectivity index (χ0v) is 11.7. The van der Waals surface area contributed by atoms with Gasteiger partial charge in [-0.2, -0.15) is 5.10 Å². The second-order valence-electron chi connectivity index (χ2n) is 3.88. The normalized spacial score (nSPS) is 10.7. The maximum atomic E-state index is 11.8. The highest BCUT2D eigenvalue weighted by atomic mass is 35.5. The Morgan fingerprint density at radius 2 is 1.95 bits per heavy atom. The van der Waals surface area contributed by atoms with Gasteiger partial charge < -0.3 is 5.11 Å². The third kappa shape index (κ3) is 3.50. The van der Waals surface area contributed by atoms with Crippen LogP contribution < -0.4 is 5.43 Å². The number of amides is 1. The number of benzene rings is 2. The highest BCUT2D eigenvalue weighted by Gasteiger charge is 2.08. The number of nitrogens with zero attached hydrogens (tertiary/aromatic N) is 1. The molecule has 6 heteroatoms. The number of rotatable bonds is 3. The molecule has 102 valence electrons. The lowest BCUT2D eigenvalue weighted by molar-refractivity contribution is 0.0955. The zero-order valence-electron chi connectivity index (χ0n) is 10.2. The quantitative estimate of drug-likeness (QED) is 0.674. The minimum atomic E-state index is -0.437. The number of hydrazone groups is 1. The van der Waals surface area contributed by atoms with Gasteiger partial charge in [0.15, 0.2) is 0 Å². The van der Waals surface area contributed by atoms with Gasteiger partial charge in [-0.15, -0.1) is 0 Å². The average molecular weight is 309 g/mol. The summed E-state index contributed by atoms with van der Waals surface area (Å²) in [5.41, 5.74) is 3.05. The van der Waals surface area contributed by atoms with Crippen LogP contribution in [0, 0.1) is 0 Å². The van der Waals surface area contributed by atoms with E-state index in [1.54, 1.807) is 30.3 Å². The monoisotopic (exact) mass is 308 g/mol. The Bertz CT molecular complexity index is 672. The first-order valence-electron chi connectivity index (χ1n) is 5.64. The largest absolute Gasteiger partial charge is 0.507 e. The molecule has 0 radical (unpaired) electrons. The Labute approximate surface area is 125 Å². The molecule has 0 unspecified atom stereocenters. The summed E-state index contributed by atoms with van der Waals surface area (Å²) < 4.78 is 0. The van der Waals surface area contributed by atoms with Crippen LogP contribution in [-0.4, -0.2) is 17.2 Å². The number of hydrogen-bond acceptors (Lipinski definition) is 3. The minimum Gasteiger partial charge on any atom is -0.507 e. The van der Waals surface area contributed by atoms with Crippen LogP contribution in [0.15, 0.2) is 47.6 Å². The molecule has 0 fully saturated rings. The van der Waals surface area contributed by atoms with Crippen LogP contribution in [0.25, 0.3) is 0 Å². The molecule has 1 amide bonds. The molecule has 0 spiro atoms. The van der Waals surface area contributed by atoms with Crippen molar-refractivity contribution in [1.82, 2.24) is 5.43 Å². The number of phenols is 1. The third-order valence-corrected chi connectivity index (χ3v) is 3.04. The molecule has 2 aromatic carbocycles. The highest BCUT2D eigenvalue weighted by Crippen LogP contribution is 2.19. The summed E-state index contributed by atoms with van der Waals surface area (Å²) in [6.45, 7) is 0. The second kappa shape index (κ2) is 6.41. The SMILES string of the molecule is O=C(N/N=C/c1cc(Cl)ccc1O)c1ccccc1Cl. The van der Waals surface area contributed by atoms with Crippen LogP contribution in [0.5, 0.6) is 5.75 Å². The van der Waals surface area contributed by atoms with Gasteiger partial charge >= 0.3 is 0 Å². The summed E-state index contributed by atoms with van der Waals surface area (Å²) in [6, 6.07) is 11.2. The van der Waals surface area contributed by atoms with Crippen molar-refractivity contribution in [2.24, 2.45) is 5.10 Å². The predicted octanol–water partition coefficient (Wildman–Crippen LogP) is 3.46. The van der Waals surface area contributed by atoms with Crippen molar-refractivity contribution in [3.05, 3.63) is 63.6 Å². The van der Waals surface area contributed by atoms with E-state index in [4.69, 9.17) is 23.2 Å². The predicted molar refractivity (Wildman–Crippen MR) is 79.6 cm³/mol. The topological polar surface area (TPSA) is 61.7 Å². The standard InChI is InChI=1S/C14H10Cl2N2O2/c15-10-5-6-13(19)9(7-10)8-17-18-14(20)11-3-1-2-4-12(11)16/h1-8,19H,(H,18,20)/b17-8+. The fourth-order valence-electron chi connectivity index (χ4n) is 1.49. The molecule has 2 rings (SSSR count). The molecule has 4 nitrogen and oxygen atoms in total. The first kappa shape index (κ1) is 14.4. The fraction of sp³-hybridized carbons (Fsp3) is 0. The van der Waals surface area contributed by atoms with Crippen molar-refractivity contribution >= 4 is 35.3 Å². The Kier molecular flexibility index (Phi) is 4.61. The molecule has 0 aliphatic heterocycles. The van der Waals surface area contributed by atoms with Gasteiger partial charge in [0.05, 0.1) is 16.8 Å². The molecule has 0 aromatic heterocycles. The first-order chi connectivity index (χ1) is 9.58. The molecule has 0 bridgehead atoms. The van der Waals surface area contributed by atoms with Crippen LogP contribution in [0.4, 0.5) is 0 Å². The summed E-state index contributed by atoms with van der Waals surface area (Å²) in [6.07, 6.45) is 1.30. The van der Waals surface area contributed by atoms with E-state index < -0.39 is 5.91 Å². The average Bonchev–Trinajstić information content (AvgIpc) is 2.43. The Hall–Kier alpha value is -2.04. The van der Waals surface area contributed by atoms with Crippen molar-refractivity contribution in [2.45, 2.75) is 0 Å². The molecule has 0 atom stereocenters. The maximum absolute atomic E-state index is 11.8. The number of aromatic hydroxyl groups is 1. The molecule has 20 heavy (non-hydrogen) atoms. The number of carbonyl (C=O) groups is 1. The molecular formula is C14H10Cl2N2O2. The van der Waals surface area contributed by atoms with Gasteiger partial charge in [-0.3, -0.25) is 4.79 Å². The summed E-state index contributed by atoms with van der Waals surface area (Å²) in [7, 11) is 0. The third-order valence-electron chi connectivity index (χ3n) is 2.48. The smallest absolute Gasteiger partial charge is 0.272 e. The van der Waals surface area contributed by atoms with E-state index in [1.165, 1.54) is 18.3 Å². The molecule has 0 saturated heterocycles. The Morgan fingerprint density at radius 1 is 1.20 bits per heavy atom. The number of phenolic OH excluding ortho intramolecular Hbond substituents is 1. The van der Waals surface area contributed by atoms with E-state index in [0.717, 1.165) is 0 Å². The van der Waals surface area contributed by atoms with Crippen LogP contribution in [-0.2, 0) is 0 Å². The number of hydrogen-bond donors (Lipinski definition) is 2. The molecule has 0 aliphatic rings. The molecule has 2 aromatic rings. The molecule has 2 N–H and O–H groups in total. The van der Waals surface area contributed by atoms with Crippen LogP contribution in [0.2, 0.25) is 10.0 Å². The number of nitrogens with one attached hydrogen (secondary N) is 1. The van der Waals surface area contributed by atoms with E-state index in [-0.39, 0.29) is 5.75 Å². The van der Waals surface area contributed by atoms with E-state index in [2.05, 4.69) is 10.5 Å². The van der Waals surface area contributed by atoms with E-state index in [0.29, 0.717) is 21.2 Å². The van der Waals surface area contributed by atoms with Crippen molar-refractivity contribution in [2.75, 3.05) is 0 Å². The van der Waals surface area contributed by atoms with Crippen molar-refractivity contribution in [3.63, 3.8) is 0 Å². The van der Waals surface area contributed by atoms with Crippen molar-refractivity contribution in [1.29, 1.82) is 0 Å². The van der Waals surface area contributed by atoms with Gasteiger partial charge in [0.1, 0.15) is 5.75 Å². The van der Waals surface area contributed by atoms with Crippen molar-refractivity contribution < 1.29 is 9.90 Å². The first-order valence-corrected chi connectivity index (χ1v) is 6.40. The summed E-state index contributed by atoms with van der Waals surface area (Å²) in [5, 5.41) is 14.1. The maximum Gasteiger partial charge on any atom is 0.272 e. The van der Waals surface area contributed by atoms with Gasteiger partial charge in [0.2, 0.25) is 0 Å². The summed E-state index contributed by atoms with van der Waals surface area (Å²) in [4.78, 5) is 11.8.